The lowest BCUT2D eigenvalue weighted by Gasteiger charge is -2.35. The summed E-state index contributed by atoms with van der Waals surface area (Å²) in [7, 11) is -3.74. The first-order valence-electron chi connectivity index (χ1n) is 5.90. The standard InChI is InChI=1S/C12H15ClFNO3S/c1-12(16)4-6-15(7-5-12)19(17,18)11-3-2-9(14)8-10(11)13/h2-3,8,16H,4-7H2,1H3. The maximum atomic E-state index is 13.0. The predicted octanol–water partition coefficient (Wildman–Crippen LogP) is 2.01. The van der Waals surface area contributed by atoms with Gasteiger partial charge in [0, 0.05) is 13.1 Å². The van der Waals surface area contributed by atoms with E-state index in [-0.39, 0.29) is 23.0 Å². The van der Waals surface area contributed by atoms with Crippen molar-refractivity contribution in [2.75, 3.05) is 13.1 Å². The second-order valence-electron chi connectivity index (χ2n) is 4.98. The van der Waals surface area contributed by atoms with Crippen molar-refractivity contribution in [1.82, 2.24) is 4.31 Å². The van der Waals surface area contributed by atoms with Crippen LogP contribution in [-0.2, 0) is 10.0 Å². The van der Waals surface area contributed by atoms with E-state index in [0.29, 0.717) is 12.8 Å². The van der Waals surface area contributed by atoms with Crippen LogP contribution in [0.4, 0.5) is 4.39 Å². The highest BCUT2D eigenvalue weighted by atomic mass is 35.5. The monoisotopic (exact) mass is 307 g/mol. The van der Waals surface area contributed by atoms with Crippen molar-refractivity contribution in [3.8, 4) is 0 Å². The van der Waals surface area contributed by atoms with Gasteiger partial charge in [0.1, 0.15) is 10.7 Å². The molecule has 1 aliphatic heterocycles. The van der Waals surface area contributed by atoms with Crippen LogP contribution in [0.25, 0.3) is 0 Å². The van der Waals surface area contributed by atoms with Crippen LogP contribution in [0.1, 0.15) is 19.8 Å². The van der Waals surface area contributed by atoms with Crippen LogP contribution in [0, 0.1) is 5.82 Å². The van der Waals surface area contributed by atoms with Crippen molar-refractivity contribution in [3.05, 3.63) is 29.0 Å². The minimum atomic E-state index is -3.74. The van der Waals surface area contributed by atoms with E-state index in [1.54, 1.807) is 6.92 Å². The number of rotatable bonds is 2. The molecule has 0 atom stereocenters. The summed E-state index contributed by atoms with van der Waals surface area (Å²) in [5, 5.41) is 9.69. The van der Waals surface area contributed by atoms with E-state index in [0.717, 1.165) is 12.1 Å². The number of aliphatic hydroxyl groups is 1. The van der Waals surface area contributed by atoms with Crippen molar-refractivity contribution < 1.29 is 17.9 Å². The molecule has 1 aromatic carbocycles. The molecule has 0 spiro atoms. The molecule has 1 N–H and O–H groups in total. The molecule has 0 unspecified atom stereocenters. The van der Waals surface area contributed by atoms with E-state index >= 15 is 0 Å². The van der Waals surface area contributed by atoms with Crippen molar-refractivity contribution in [2.24, 2.45) is 0 Å². The van der Waals surface area contributed by atoms with Gasteiger partial charge in [0.15, 0.2) is 0 Å². The van der Waals surface area contributed by atoms with E-state index in [4.69, 9.17) is 11.6 Å². The Balaban J connectivity index is 2.28. The van der Waals surface area contributed by atoms with Gasteiger partial charge < -0.3 is 5.11 Å². The van der Waals surface area contributed by atoms with Crippen molar-refractivity contribution in [3.63, 3.8) is 0 Å². The molecule has 106 valence electrons. The third kappa shape index (κ3) is 3.08. The molecule has 0 bridgehead atoms. The Morgan fingerprint density at radius 3 is 2.47 bits per heavy atom. The van der Waals surface area contributed by atoms with E-state index in [1.807, 2.05) is 0 Å². The molecule has 1 saturated heterocycles. The van der Waals surface area contributed by atoms with Crippen LogP contribution < -0.4 is 0 Å². The zero-order valence-corrected chi connectivity index (χ0v) is 12.0. The van der Waals surface area contributed by atoms with Crippen molar-refractivity contribution in [2.45, 2.75) is 30.3 Å². The molecule has 4 nitrogen and oxygen atoms in total. The second kappa shape index (κ2) is 5.01. The summed E-state index contributed by atoms with van der Waals surface area (Å²) in [6.07, 6.45) is 0.732. The smallest absolute Gasteiger partial charge is 0.244 e. The molecular weight excluding hydrogens is 293 g/mol. The number of hydrogen-bond donors (Lipinski definition) is 1. The summed E-state index contributed by atoms with van der Waals surface area (Å²) >= 11 is 5.79. The first-order valence-corrected chi connectivity index (χ1v) is 7.72. The summed E-state index contributed by atoms with van der Waals surface area (Å²) < 4.78 is 39.0. The first kappa shape index (κ1) is 14.7. The Labute approximate surface area is 116 Å². The average Bonchev–Trinajstić information content (AvgIpc) is 2.27. The van der Waals surface area contributed by atoms with Crippen molar-refractivity contribution >= 4 is 21.6 Å². The molecule has 0 saturated carbocycles. The molecule has 7 heteroatoms. The van der Waals surface area contributed by atoms with Crippen LogP contribution in [0.15, 0.2) is 23.1 Å². The third-order valence-corrected chi connectivity index (χ3v) is 5.69. The van der Waals surface area contributed by atoms with Crippen LogP contribution in [0.5, 0.6) is 0 Å². The largest absolute Gasteiger partial charge is 0.390 e. The van der Waals surface area contributed by atoms with Crippen LogP contribution in [0.3, 0.4) is 0 Å². The highest BCUT2D eigenvalue weighted by Gasteiger charge is 2.34. The molecule has 0 radical (unpaired) electrons. The lowest BCUT2D eigenvalue weighted by Crippen LogP contribution is -2.45. The predicted molar refractivity (Wildman–Crippen MR) is 70.0 cm³/mol. The van der Waals surface area contributed by atoms with Gasteiger partial charge in [-0.15, -0.1) is 0 Å². The molecule has 1 aliphatic rings. The van der Waals surface area contributed by atoms with Gasteiger partial charge >= 0.3 is 0 Å². The van der Waals surface area contributed by atoms with Gasteiger partial charge in [-0.1, -0.05) is 11.6 Å². The zero-order valence-electron chi connectivity index (χ0n) is 10.4. The maximum absolute atomic E-state index is 13.0. The fourth-order valence-corrected chi connectivity index (χ4v) is 3.98. The molecule has 0 aliphatic carbocycles. The van der Waals surface area contributed by atoms with Crippen LogP contribution in [0.2, 0.25) is 5.02 Å². The fraction of sp³-hybridized carbons (Fsp3) is 0.500. The Hall–Kier alpha value is -0.690. The minimum absolute atomic E-state index is 0.0999. The quantitative estimate of drug-likeness (QED) is 0.909. The highest BCUT2D eigenvalue weighted by Crippen LogP contribution is 2.29. The van der Waals surface area contributed by atoms with E-state index in [9.17, 15) is 17.9 Å². The van der Waals surface area contributed by atoms with Crippen LogP contribution >= 0.6 is 11.6 Å². The second-order valence-corrected chi connectivity index (χ2v) is 7.29. The fourth-order valence-electron chi connectivity index (χ4n) is 2.03. The number of halogens is 2. The molecule has 0 aromatic heterocycles. The van der Waals surface area contributed by atoms with Gasteiger partial charge in [-0.2, -0.15) is 4.31 Å². The first-order chi connectivity index (χ1) is 8.72. The number of sulfonamides is 1. The lowest BCUT2D eigenvalue weighted by molar-refractivity contribution is 0.0126. The number of benzene rings is 1. The van der Waals surface area contributed by atoms with Gasteiger partial charge in [0.2, 0.25) is 10.0 Å². The average molecular weight is 308 g/mol. The molecule has 2 rings (SSSR count). The normalized spacial score (nSPS) is 20.4. The summed E-state index contributed by atoms with van der Waals surface area (Å²) in [5.41, 5.74) is -0.835. The Morgan fingerprint density at radius 1 is 1.37 bits per heavy atom. The molecular formula is C12H15ClFNO3S. The van der Waals surface area contributed by atoms with Gasteiger partial charge in [0.05, 0.1) is 10.6 Å². The van der Waals surface area contributed by atoms with Gasteiger partial charge in [-0.25, -0.2) is 12.8 Å². The van der Waals surface area contributed by atoms with Gasteiger partial charge in [0.25, 0.3) is 0 Å². The molecule has 1 heterocycles. The number of piperidine rings is 1. The maximum Gasteiger partial charge on any atom is 0.244 e. The highest BCUT2D eigenvalue weighted by molar-refractivity contribution is 7.89. The summed E-state index contributed by atoms with van der Waals surface area (Å²) in [6.45, 7) is 2.13. The summed E-state index contributed by atoms with van der Waals surface area (Å²) in [4.78, 5) is -0.0999. The third-order valence-electron chi connectivity index (χ3n) is 3.31. The molecule has 0 amide bonds. The number of nitrogens with zero attached hydrogens (tertiary/aromatic N) is 1. The van der Waals surface area contributed by atoms with Gasteiger partial charge in [-0.3, -0.25) is 0 Å². The van der Waals surface area contributed by atoms with Crippen molar-refractivity contribution in [1.29, 1.82) is 0 Å². The lowest BCUT2D eigenvalue weighted by atomic mass is 9.95. The Morgan fingerprint density at radius 2 is 1.95 bits per heavy atom. The Kier molecular flexibility index (Phi) is 3.88. The molecule has 1 aromatic rings. The van der Waals surface area contributed by atoms with Gasteiger partial charge in [-0.05, 0) is 38.0 Å². The molecule has 19 heavy (non-hydrogen) atoms. The minimum Gasteiger partial charge on any atom is -0.390 e. The number of hydrogen-bond acceptors (Lipinski definition) is 3. The Bertz CT molecular complexity index is 579. The van der Waals surface area contributed by atoms with E-state index < -0.39 is 21.4 Å². The van der Waals surface area contributed by atoms with E-state index in [2.05, 4.69) is 0 Å². The van der Waals surface area contributed by atoms with E-state index in [1.165, 1.54) is 10.4 Å². The summed E-state index contributed by atoms with van der Waals surface area (Å²) in [5.74, 6) is -0.578. The zero-order chi connectivity index (χ0) is 14.3. The topological polar surface area (TPSA) is 57.6 Å². The SMILES string of the molecule is CC1(O)CCN(S(=O)(=O)c2ccc(F)cc2Cl)CC1. The van der Waals surface area contributed by atoms with Crippen LogP contribution in [-0.4, -0.2) is 36.5 Å². The summed E-state index contributed by atoms with van der Waals surface area (Å²) in [6, 6.07) is 3.22. The molecule has 1 fully saturated rings.